The van der Waals surface area contributed by atoms with E-state index in [4.69, 9.17) is 28.6 Å². The van der Waals surface area contributed by atoms with Gasteiger partial charge in [0.1, 0.15) is 11.9 Å². The number of aryl methyl sites for hydroxylation is 2. The summed E-state index contributed by atoms with van der Waals surface area (Å²) >= 11 is 10.8. The maximum absolute atomic E-state index is 5.96. The van der Waals surface area contributed by atoms with Crippen LogP contribution in [-0.4, -0.2) is 28.5 Å². The molecule has 2 rings (SSSR count). The van der Waals surface area contributed by atoms with Gasteiger partial charge in [-0.05, 0) is 49.3 Å². The van der Waals surface area contributed by atoms with E-state index in [-0.39, 0.29) is 6.10 Å². The molecule has 0 radical (unpaired) electrons. The monoisotopic (exact) mass is 269 g/mol. The first kappa shape index (κ1) is 12.7. The molecule has 0 N–H and O–H groups in total. The highest BCUT2D eigenvalue weighted by Gasteiger charge is 2.24. The van der Waals surface area contributed by atoms with E-state index in [0.717, 1.165) is 25.3 Å². The van der Waals surface area contributed by atoms with Crippen LogP contribution in [0.3, 0.4) is 0 Å². The molecule has 92 valence electrons. The van der Waals surface area contributed by atoms with Crippen molar-refractivity contribution >= 4 is 28.3 Å². The van der Waals surface area contributed by atoms with Gasteiger partial charge in [-0.2, -0.15) is 0 Å². The summed E-state index contributed by atoms with van der Waals surface area (Å²) in [6.07, 6.45) is 1.16. The fourth-order valence-corrected chi connectivity index (χ4v) is 2.50. The van der Waals surface area contributed by atoms with Crippen LogP contribution in [0.2, 0.25) is 0 Å². The lowest BCUT2D eigenvalue weighted by molar-refractivity contribution is 0.215. The number of halogens is 1. The Morgan fingerprint density at radius 1 is 1.35 bits per heavy atom. The Morgan fingerprint density at radius 3 is 2.53 bits per heavy atom. The van der Waals surface area contributed by atoms with Crippen molar-refractivity contribution in [2.24, 2.45) is 0 Å². The number of thiocarbonyl (C=S) groups is 1. The summed E-state index contributed by atoms with van der Waals surface area (Å²) in [5.41, 5.74) is 2.45. The largest absolute Gasteiger partial charge is 0.488 e. The van der Waals surface area contributed by atoms with E-state index in [2.05, 4.69) is 32.0 Å². The lowest BCUT2D eigenvalue weighted by atomic mass is 10.1. The van der Waals surface area contributed by atoms with Gasteiger partial charge in [-0.25, -0.2) is 0 Å². The highest BCUT2D eigenvalue weighted by molar-refractivity contribution is 7.83. The number of rotatable bonds is 2. The van der Waals surface area contributed by atoms with Crippen molar-refractivity contribution in [1.82, 2.24) is 4.90 Å². The minimum absolute atomic E-state index is 0.188. The Bertz CT molecular complexity index is 415. The zero-order valence-corrected chi connectivity index (χ0v) is 11.6. The standard InChI is InChI=1S/C13H16ClNOS/c1-9-5-10(2)7-12(6-9)16-11-3-4-15(8-11)13(14)17/h5-7,11H,3-4,8H2,1-2H3. The molecule has 1 aromatic rings. The van der Waals surface area contributed by atoms with Crippen LogP contribution in [0.15, 0.2) is 18.2 Å². The fraction of sp³-hybridized carbons (Fsp3) is 0.462. The molecule has 0 bridgehead atoms. The third-order valence-corrected chi connectivity index (χ3v) is 3.39. The van der Waals surface area contributed by atoms with Gasteiger partial charge in [0, 0.05) is 13.0 Å². The second kappa shape index (κ2) is 5.23. The Labute approximate surface area is 113 Å². The molecular formula is C13H16ClNOS. The zero-order chi connectivity index (χ0) is 12.4. The van der Waals surface area contributed by atoms with Crippen LogP contribution in [-0.2, 0) is 0 Å². The van der Waals surface area contributed by atoms with Gasteiger partial charge in [0.2, 0.25) is 0 Å². The molecule has 0 aliphatic carbocycles. The Morgan fingerprint density at radius 2 is 2.00 bits per heavy atom. The van der Waals surface area contributed by atoms with E-state index >= 15 is 0 Å². The van der Waals surface area contributed by atoms with E-state index in [0.29, 0.717) is 4.45 Å². The second-order valence-corrected chi connectivity index (χ2v) is 5.52. The topological polar surface area (TPSA) is 12.5 Å². The smallest absolute Gasteiger partial charge is 0.170 e. The molecule has 1 unspecified atom stereocenters. The lowest BCUT2D eigenvalue weighted by Gasteiger charge is -2.16. The minimum atomic E-state index is 0.188. The Balaban J connectivity index is 2.00. The number of likely N-dealkylation sites (tertiary alicyclic amines) is 1. The molecule has 1 saturated heterocycles. The SMILES string of the molecule is Cc1cc(C)cc(OC2CCN(C(=S)Cl)C2)c1. The molecule has 0 amide bonds. The number of hydrogen-bond acceptors (Lipinski definition) is 2. The molecule has 0 spiro atoms. The average Bonchev–Trinajstić information content (AvgIpc) is 2.64. The quantitative estimate of drug-likeness (QED) is 0.464. The lowest BCUT2D eigenvalue weighted by Crippen LogP contribution is -2.26. The van der Waals surface area contributed by atoms with Crippen LogP contribution in [0.1, 0.15) is 17.5 Å². The molecule has 4 heteroatoms. The number of ether oxygens (including phenoxy) is 1. The van der Waals surface area contributed by atoms with E-state index in [1.165, 1.54) is 11.1 Å². The van der Waals surface area contributed by atoms with Gasteiger partial charge in [-0.3, -0.25) is 0 Å². The van der Waals surface area contributed by atoms with Crippen molar-refractivity contribution in [3.8, 4) is 5.75 Å². The van der Waals surface area contributed by atoms with Crippen LogP contribution < -0.4 is 4.74 Å². The minimum Gasteiger partial charge on any atom is -0.488 e. The van der Waals surface area contributed by atoms with E-state index in [1.807, 2.05) is 4.90 Å². The molecule has 0 aromatic heterocycles. The Kier molecular flexibility index (Phi) is 3.89. The summed E-state index contributed by atoms with van der Waals surface area (Å²) < 4.78 is 6.40. The average molecular weight is 270 g/mol. The van der Waals surface area contributed by atoms with Crippen molar-refractivity contribution in [1.29, 1.82) is 0 Å². The first-order valence-electron chi connectivity index (χ1n) is 5.74. The maximum atomic E-state index is 5.96. The molecule has 1 aliphatic heterocycles. The molecule has 17 heavy (non-hydrogen) atoms. The first-order valence-corrected chi connectivity index (χ1v) is 6.52. The van der Waals surface area contributed by atoms with Gasteiger partial charge >= 0.3 is 0 Å². The predicted octanol–water partition coefficient (Wildman–Crippen LogP) is 3.28. The highest BCUT2D eigenvalue weighted by Crippen LogP contribution is 2.21. The van der Waals surface area contributed by atoms with Crippen molar-refractivity contribution in [2.45, 2.75) is 26.4 Å². The third-order valence-electron chi connectivity index (χ3n) is 2.89. The van der Waals surface area contributed by atoms with E-state index in [1.54, 1.807) is 0 Å². The van der Waals surface area contributed by atoms with Gasteiger partial charge in [0.05, 0.1) is 6.54 Å². The molecule has 0 saturated carbocycles. The van der Waals surface area contributed by atoms with E-state index < -0.39 is 0 Å². The molecule has 1 heterocycles. The number of hydrogen-bond donors (Lipinski definition) is 0. The molecule has 1 fully saturated rings. The van der Waals surface area contributed by atoms with Gasteiger partial charge in [0.15, 0.2) is 4.45 Å². The maximum Gasteiger partial charge on any atom is 0.170 e. The van der Waals surface area contributed by atoms with Crippen LogP contribution in [0.5, 0.6) is 5.75 Å². The first-order chi connectivity index (χ1) is 8.04. The van der Waals surface area contributed by atoms with Crippen LogP contribution in [0.4, 0.5) is 0 Å². The van der Waals surface area contributed by atoms with Crippen LogP contribution in [0.25, 0.3) is 0 Å². The van der Waals surface area contributed by atoms with Crippen LogP contribution in [0, 0.1) is 13.8 Å². The van der Waals surface area contributed by atoms with Gasteiger partial charge in [-0.1, -0.05) is 17.7 Å². The highest BCUT2D eigenvalue weighted by atomic mass is 35.5. The van der Waals surface area contributed by atoms with Gasteiger partial charge < -0.3 is 9.64 Å². The fourth-order valence-electron chi connectivity index (χ4n) is 2.18. The third kappa shape index (κ3) is 3.33. The molecule has 1 aromatic carbocycles. The van der Waals surface area contributed by atoms with Crippen LogP contribution >= 0.6 is 23.8 Å². The molecule has 1 aliphatic rings. The second-order valence-electron chi connectivity index (χ2n) is 4.55. The summed E-state index contributed by atoms with van der Waals surface area (Å²) in [7, 11) is 0. The van der Waals surface area contributed by atoms with Crippen molar-refractivity contribution in [2.75, 3.05) is 13.1 Å². The normalized spacial score (nSPS) is 19.5. The summed E-state index contributed by atoms with van der Waals surface area (Å²) in [5.74, 6) is 0.940. The molecule has 2 nitrogen and oxygen atoms in total. The molecule has 1 atom stereocenters. The Hall–Kier alpha value is -0.800. The summed E-state index contributed by atoms with van der Waals surface area (Å²) in [6, 6.07) is 6.27. The predicted molar refractivity (Wildman–Crippen MR) is 75.0 cm³/mol. The number of benzene rings is 1. The van der Waals surface area contributed by atoms with Gasteiger partial charge in [0.25, 0.3) is 0 Å². The summed E-state index contributed by atoms with van der Waals surface area (Å²) in [4.78, 5) is 1.98. The number of nitrogens with zero attached hydrogens (tertiary/aromatic N) is 1. The summed E-state index contributed by atoms with van der Waals surface area (Å²) in [6.45, 7) is 5.83. The van der Waals surface area contributed by atoms with Crippen molar-refractivity contribution in [3.63, 3.8) is 0 Å². The van der Waals surface area contributed by atoms with Gasteiger partial charge in [-0.15, -0.1) is 0 Å². The van der Waals surface area contributed by atoms with Crippen molar-refractivity contribution < 1.29 is 4.74 Å². The van der Waals surface area contributed by atoms with Crippen molar-refractivity contribution in [3.05, 3.63) is 29.3 Å². The molecular weight excluding hydrogens is 254 g/mol. The summed E-state index contributed by atoms with van der Waals surface area (Å²) in [5, 5.41) is 0. The zero-order valence-electron chi connectivity index (χ0n) is 10.1. The van der Waals surface area contributed by atoms with E-state index in [9.17, 15) is 0 Å².